The highest BCUT2D eigenvalue weighted by atomic mass is 19.4. The van der Waals surface area contributed by atoms with Crippen LogP contribution in [0.4, 0.5) is 13.2 Å². The van der Waals surface area contributed by atoms with Crippen LogP contribution in [0.15, 0.2) is 0 Å². The van der Waals surface area contributed by atoms with Gasteiger partial charge >= 0.3 is 6.18 Å². The quantitative estimate of drug-likeness (QED) is 0.473. The first-order valence-corrected chi connectivity index (χ1v) is 12.3. The number of fused-ring (bicyclic) bond motifs is 3. The SMILES string of the molecule is CCC1(CC[C@@]2(C)CCC[C@@H]3[C@@H]2CC[C@]2(C)[C@@H]([C@H](C)[C@H](O)C(F)(F)F)CC[C@@H]32)CO1. The molecule has 4 fully saturated rings. The molecule has 0 aromatic heterocycles. The van der Waals surface area contributed by atoms with Crippen molar-refractivity contribution >= 4 is 0 Å². The van der Waals surface area contributed by atoms with Gasteiger partial charge in [-0.05, 0) is 98.2 Å². The molecule has 1 unspecified atom stereocenters. The van der Waals surface area contributed by atoms with Gasteiger partial charge in [-0.3, -0.25) is 0 Å². The van der Waals surface area contributed by atoms with E-state index >= 15 is 0 Å². The van der Waals surface area contributed by atoms with Crippen molar-refractivity contribution in [1.29, 1.82) is 0 Å². The van der Waals surface area contributed by atoms with Gasteiger partial charge in [0.15, 0.2) is 6.10 Å². The summed E-state index contributed by atoms with van der Waals surface area (Å²) in [5.74, 6) is 1.10. The Morgan fingerprint density at radius 2 is 1.73 bits per heavy atom. The Hall–Kier alpha value is -0.290. The summed E-state index contributed by atoms with van der Waals surface area (Å²) in [5, 5.41) is 9.97. The molecular weight excluding hydrogens is 389 g/mol. The number of alkyl halides is 3. The Morgan fingerprint density at radius 3 is 2.33 bits per heavy atom. The third-order valence-electron chi connectivity index (χ3n) is 10.5. The molecule has 0 spiro atoms. The second-order valence-electron chi connectivity index (χ2n) is 11.8. The molecule has 0 aromatic rings. The molecule has 1 saturated heterocycles. The van der Waals surface area contributed by atoms with Crippen LogP contribution >= 0.6 is 0 Å². The van der Waals surface area contributed by atoms with Crippen LogP contribution in [0.25, 0.3) is 0 Å². The summed E-state index contributed by atoms with van der Waals surface area (Å²) in [4.78, 5) is 0. The summed E-state index contributed by atoms with van der Waals surface area (Å²) in [6.07, 6.45) is 4.55. The van der Waals surface area contributed by atoms with Gasteiger partial charge in [-0.25, -0.2) is 0 Å². The van der Waals surface area contributed by atoms with Crippen molar-refractivity contribution in [2.75, 3.05) is 6.61 Å². The first-order valence-electron chi connectivity index (χ1n) is 12.3. The van der Waals surface area contributed by atoms with Gasteiger partial charge in [0, 0.05) is 0 Å². The van der Waals surface area contributed by atoms with Gasteiger partial charge in [-0.1, -0.05) is 34.1 Å². The molecule has 174 valence electrons. The fraction of sp³-hybridized carbons (Fsp3) is 1.00. The summed E-state index contributed by atoms with van der Waals surface area (Å²) in [6.45, 7) is 9.50. The van der Waals surface area contributed by atoms with E-state index in [1.165, 1.54) is 25.7 Å². The minimum absolute atomic E-state index is 0.0310. The molecule has 0 aromatic carbocycles. The van der Waals surface area contributed by atoms with Crippen LogP contribution < -0.4 is 0 Å². The molecular formula is C25H41F3O2. The van der Waals surface area contributed by atoms with Gasteiger partial charge in [0.2, 0.25) is 0 Å². The Labute approximate surface area is 180 Å². The molecule has 3 aliphatic carbocycles. The van der Waals surface area contributed by atoms with Gasteiger partial charge in [0.25, 0.3) is 0 Å². The fourth-order valence-corrected chi connectivity index (χ4v) is 8.36. The molecule has 4 aliphatic rings. The maximum atomic E-state index is 13.2. The highest BCUT2D eigenvalue weighted by molar-refractivity contribution is 5.08. The Bertz CT molecular complexity index is 630. The lowest BCUT2D eigenvalue weighted by molar-refractivity contribution is -0.227. The van der Waals surface area contributed by atoms with Gasteiger partial charge in [0.1, 0.15) is 0 Å². The molecule has 3 saturated carbocycles. The lowest BCUT2D eigenvalue weighted by Crippen LogP contribution is -2.51. The van der Waals surface area contributed by atoms with E-state index in [-0.39, 0.29) is 16.9 Å². The van der Waals surface area contributed by atoms with Gasteiger partial charge < -0.3 is 9.84 Å². The van der Waals surface area contributed by atoms with Crippen LogP contribution in [0.2, 0.25) is 0 Å². The number of aliphatic hydroxyl groups excluding tert-OH is 1. The summed E-state index contributed by atoms with van der Waals surface area (Å²) in [7, 11) is 0. The average molecular weight is 431 g/mol. The van der Waals surface area contributed by atoms with E-state index in [1.807, 2.05) is 0 Å². The maximum Gasteiger partial charge on any atom is 0.414 e. The molecule has 0 amide bonds. The third kappa shape index (κ3) is 3.74. The van der Waals surface area contributed by atoms with Crippen LogP contribution in [-0.2, 0) is 4.74 Å². The number of epoxide rings is 1. The van der Waals surface area contributed by atoms with Crippen molar-refractivity contribution in [3.05, 3.63) is 0 Å². The molecule has 9 atom stereocenters. The van der Waals surface area contributed by atoms with Crippen molar-refractivity contribution < 1.29 is 23.0 Å². The first kappa shape index (κ1) is 22.9. The van der Waals surface area contributed by atoms with Crippen LogP contribution in [0.5, 0.6) is 0 Å². The predicted molar refractivity (Wildman–Crippen MR) is 112 cm³/mol. The van der Waals surface area contributed by atoms with E-state index in [2.05, 4.69) is 20.8 Å². The monoisotopic (exact) mass is 430 g/mol. The Balaban J connectivity index is 1.49. The lowest BCUT2D eigenvalue weighted by Gasteiger charge is -2.57. The van der Waals surface area contributed by atoms with E-state index in [4.69, 9.17) is 4.74 Å². The molecule has 0 bridgehead atoms. The number of ether oxygens (including phenoxy) is 1. The topological polar surface area (TPSA) is 32.8 Å². The minimum atomic E-state index is -4.52. The highest BCUT2D eigenvalue weighted by Gasteiger charge is 2.60. The average Bonchev–Trinajstić information content (AvgIpc) is 3.39. The third-order valence-corrected chi connectivity index (χ3v) is 10.5. The molecule has 1 aliphatic heterocycles. The number of halogens is 3. The lowest BCUT2D eigenvalue weighted by atomic mass is 9.48. The molecule has 4 rings (SSSR count). The highest BCUT2D eigenvalue weighted by Crippen LogP contribution is 2.67. The van der Waals surface area contributed by atoms with Crippen LogP contribution in [0.1, 0.15) is 91.9 Å². The molecule has 1 N–H and O–H groups in total. The molecule has 2 nitrogen and oxygen atoms in total. The Kier molecular flexibility index (Phi) is 5.83. The number of aliphatic hydroxyl groups is 1. The largest absolute Gasteiger partial charge is 0.414 e. The summed E-state index contributed by atoms with van der Waals surface area (Å²) < 4.78 is 45.5. The zero-order chi connectivity index (χ0) is 21.9. The van der Waals surface area contributed by atoms with E-state index in [1.54, 1.807) is 6.92 Å². The van der Waals surface area contributed by atoms with Crippen LogP contribution in [-0.4, -0.2) is 29.6 Å². The van der Waals surface area contributed by atoms with Crippen LogP contribution in [0, 0.1) is 40.4 Å². The molecule has 5 heteroatoms. The molecule has 0 radical (unpaired) electrons. The van der Waals surface area contributed by atoms with E-state index in [9.17, 15) is 18.3 Å². The second-order valence-corrected chi connectivity index (χ2v) is 11.8. The van der Waals surface area contributed by atoms with E-state index in [0.29, 0.717) is 23.2 Å². The Morgan fingerprint density at radius 1 is 1.03 bits per heavy atom. The van der Waals surface area contributed by atoms with Crippen molar-refractivity contribution in [3.63, 3.8) is 0 Å². The number of hydrogen-bond donors (Lipinski definition) is 1. The van der Waals surface area contributed by atoms with Gasteiger partial charge in [-0.2, -0.15) is 13.2 Å². The van der Waals surface area contributed by atoms with Crippen LogP contribution in [0.3, 0.4) is 0 Å². The maximum absolute atomic E-state index is 13.2. The summed E-state index contributed by atoms with van der Waals surface area (Å²) in [5.41, 5.74) is 0.420. The second kappa shape index (κ2) is 7.64. The molecule has 30 heavy (non-hydrogen) atoms. The number of hydrogen-bond acceptors (Lipinski definition) is 2. The summed E-state index contributed by atoms with van der Waals surface area (Å²) in [6, 6.07) is 0. The van der Waals surface area contributed by atoms with Crippen molar-refractivity contribution in [3.8, 4) is 0 Å². The summed E-state index contributed by atoms with van der Waals surface area (Å²) >= 11 is 0. The van der Waals surface area contributed by atoms with Crippen molar-refractivity contribution in [1.82, 2.24) is 0 Å². The zero-order valence-corrected chi connectivity index (χ0v) is 19.2. The zero-order valence-electron chi connectivity index (χ0n) is 19.2. The minimum Gasteiger partial charge on any atom is -0.383 e. The molecule has 1 heterocycles. The fourth-order valence-electron chi connectivity index (χ4n) is 8.36. The normalized spacial score (nSPS) is 48.0. The standard InChI is InChI=1S/C25H41F3O2/c1-5-24(15-30-24)14-13-22(3)11-6-7-17-19(22)10-12-23(4)18(8-9-20(17)23)16(2)21(29)25(26,27)28/h16-21,29H,5-15H2,1-4H3/t16-,17+,18+,19-,20-,21-,22+,23+,24?/m0/s1. The van der Waals surface area contributed by atoms with Gasteiger partial charge in [0.05, 0.1) is 12.2 Å². The van der Waals surface area contributed by atoms with Crippen molar-refractivity contribution in [2.45, 2.75) is 110 Å². The van der Waals surface area contributed by atoms with E-state index in [0.717, 1.165) is 45.1 Å². The number of rotatable bonds is 6. The predicted octanol–water partition coefficient (Wildman–Crippen LogP) is 6.75. The smallest absolute Gasteiger partial charge is 0.383 e. The van der Waals surface area contributed by atoms with E-state index < -0.39 is 18.2 Å². The first-order chi connectivity index (χ1) is 14.0. The van der Waals surface area contributed by atoms with Gasteiger partial charge in [-0.15, -0.1) is 0 Å². The van der Waals surface area contributed by atoms with Crippen molar-refractivity contribution in [2.24, 2.45) is 40.4 Å².